The molecule has 0 bridgehead atoms. The van der Waals surface area contributed by atoms with Gasteiger partial charge in [0.15, 0.2) is 5.96 Å². The van der Waals surface area contributed by atoms with Gasteiger partial charge in [0.2, 0.25) is 0 Å². The molecule has 1 aliphatic carbocycles. The molecule has 0 saturated carbocycles. The number of fused-ring (bicyclic) bond motifs is 1. The third-order valence-electron chi connectivity index (χ3n) is 3.34. The van der Waals surface area contributed by atoms with E-state index in [0.29, 0.717) is 0 Å². The number of nitrogens with one attached hydrogen (secondary N) is 1. The van der Waals surface area contributed by atoms with Gasteiger partial charge < -0.3 is 11.1 Å². The number of nitrogens with zero attached hydrogens (tertiary/aromatic N) is 1. The Morgan fingerprint density at radius 1 is 1.25 bits per heavy atom. The Morgan fingerprint density at radius 3 is 2.75 bits per heavy atom. The van der Waals surface area contributed by atoms with Gasteiger partial charge in [0, 0.05) is 5.69 Å². The maximum atomic E-state index is 12.0. The molecule has 2 rings (SSSR count). The van der Waals surface area contributed by atoms with Gasteiger partial charge in [-0.15, -0.1) is 0 Å². The molecule has 0 amide bonds. The highest BCUT2D eigenvalue weighted by Crippen LogP contribution is 2.27. The van der Waals surface area contributed by atoms with Crippen LogP contribution in [-0.4, -0.2) is 18.7 Å². The fourth-order valence-corrected chi connectivity index (χ4v) is 2.38. The highest BCUT2D eigenvalue weighted by atomic mass is 19.4. The minimum atomic E-state index is -4.20. The van der Waals surface area contributed by atoms with Crippen molar-refractivity contribution in [1.82, 2.24) is 0 Å². The molecule has 0 fully saturated rings. The summed E-state index contributed by atoms with van der Waals surface area (Å²) in [5.74, 6) is 0.0354. The molecule has 0 aromatic heterocycles. The van der Waals surface area contributed by atoms with Gasteiger partial charge in [0.05, 0.1) is 13.0 Å². The van der Waals surface area contributed by atoms with Crippen LogP contribution < -0.4 is 11.1 Å². The maximum Gasteiger partial charge on any atom is 0.390 e. The highest BCUT2D eigenvalue weighted by molar-refractivity contribution is 5.93. The third kappa shape index (κ3) is 4.15. The second kappa shape index (κ2) is 6.15. The number of aryl methyl sites for hydroxylation is 1. The zero-order chi connectivity index (χ0) is 14.6. The molecule has 110 valence electrons. The Bertz CT molecular complexity index is 495. The van der Waals surface area contributed by atoms with Crippen molar-refractivity contribution in [3.63, 3.8) is 0 Å². The first kappa shape index (κ1) is 14.7. The average molecular weight is 285 g/mol. The predicted octanol–water partition coefficient (Wildman–Crippen LogP) is 3.24. The van der Waals surface area contributed by atoms with E-state index in [1.165, 1.54) is 17.5 Å². The van der Waals surface area contributed by atoms with Crippen molar-refractivity contribution in [3.8, 4) is 0 Å². The lowest BCUT2D eigenvalue weighted by Gasteiger charge is -2.19. The number of hydrogen-bond acceptors (Lipinski definition) is 1. The van der Waals surface area contributed by atoms with Crippen LogP contribution in [-0.2, 0) is 12.8 Å². The molecule has 3 N–H and O–H groups in total. The summed E-state index contributed by atoms with van der Waals surface area (Å²) in [6.45, 7) is -0.350. The van der Waals surface area contributed by atoms with Gasteiger partial charge in [-0.05, 0) is 42.9 Å². The second-order valence-electron chi connectivity index (χ2n) is 4.91. The summed E-state index contributed by atoms with van der Waals surface area (Å²) in [5, 5.41) is 2.92. The number of hydrogen-bond donors (Lipinski definition) is 2. The quantitative estimate of drug-likeness (QED) is 0.661. The molecule has 3 nitrogen and oxygen atoms in total. The van der Waals surface area contributed by atoms with Crippen LogP contribution in [0.2, 0.25) is 0 Å². The molecule has 0 unspecified atom stereocenters. The first-order valence-electron chi connectivity index (χ1n) is 6.70. The van der Waals surface area contributed by atoms with E-state index < -0.39 is 12.6 Å². The van der Waals surface area contributed by atoms with Crippen LogP contribution in [0.1, 0.15) is 30.4 Å². The molecular formula is C14H18F3N3. The number of rotatable bonds is 3. The number of halogens is 3. The minimum absolute atomic E-state index is 0.0354. The Balaban J connectivity index is 2.01. The molecule has 0 heterocycles. The third-order valence-corrected chi connectivity index (χ3v) is 3.34. The number of anilines is 1. The molecule has 0 saturated heterocycles. The molecule has 1 aromatic rings. The van der Waals surface area contributed by atoms with Gasteiger partial charge in [-0.25, -0.2) is 0 Å². The van der Waals surface area contributed by atoms with E-state index in [0.717, 1.165) is 24.9 Å². The minimum Gasteiger partial charge on any atom is -0.370 e. The van der Waals surface area contributed by atoms with Gasteiger partial charge in [0.1, 0.15) is 0 Å². The van der Waals surface area contributed by atoms with Crippen molar-refractivity contribution in [2.45, 2.75) is 38.3 Å². The zero-order valence-corrected chi connectivity index (χ0v) is 11.1. The van der Waals surface area contributed by atoms with Crippen molar-refractivity contribution < 1.29 is 13.2 Å². The summed E-state index contributed by atoms with van der Waals surface area (Å²) in [6, 6.07) is 5.89. The summed E-state index contributed by atoms with van der Waals surface area (Å²) in [6.07, 6.45) is -0.856. The van der Waals surface area contributed by atoms with E-state index in [4.69, 9.17) is 5.73 Å². The second-order valence-corrected chi connectivity index (χ2v) is 4.91. The summed E-state index contributed by atoms with van der Waals surface area (Å²) in [4.78, 5) is 3.72. The van der Waals surface area contributed by atoms with Gasteiger partial charge in [0.25, 0.3) is 0 Å². The predicted molar refractivity (Wildman–Crippen MR) is 73.9 cm³/mol. The number of aliphatic imine (C=N–C) groups is 1. The van der Waals surface area contributed by atoms with Crippen LogP contribution in [0.4, 0.5) is 18.9 Å². The van der Waals surface area contributed by atoms with Crippen molar-refractivity contribution in [2.75, 3.05) is 11.9 Å². The molecule has 6 heteroatoms. The van der Waals surface area contributed by atoms with Crippen LogP contribution in [0.15, 0.2) is 23.2 Å². The Labute approximate surface area is 116 Å². The molecule has 1 aromatic carbocycles. The Morgan fingerprint density at radius 2 is 2.00 bits per heavy atom. The van der Waals surface area contributed by atoms with E-state index in [2.05, 4.69) is 16.4 Å². The van der Waals surface area contributed by atoms with Crippen LogP contribution in [0.3, 0.4) is 0 Å². The average Bonchev–Trinajstić information content (AvgIpc) is 2.37. The largest absolute Gasteiger partial charge is 0.390 e. The summed E-state index contributed by atoms with van der Waals surface area (Å²) in [7, 11) is 0. The van der Waals surface area contributed by atoms with Gasteiger partial charge in [-0.1, -0.05) is 12.1 Å². The lowest BCUT2D eigenvalue weighted by atomic mass is 9.90. The van der Waals surface area contributed by atoms with Gasteiger partial charge in [-0.3, -0.25) is 4.99 Å². The lowest BCUT2D eigenvalue weighted by molar-refractivity contribution is -0.132. The molecule has 1 aliphatic rings. The Kier molecular flexibility index (Phi) is 4.52. The SMILES string of the molecule is NC(=NCCC(F)(F)F)Nc1cccc2c1CCCC2. The van der Waals surface area contributed by atoms with E-state index in [1.54, 1.807) is 0 Å². The van der Waals surface area contributed by atoms with Crippen molar-refractivity contribution in [2.24, 2.45) is 10.7 Å². The van der Waals surface area contributed by atoms with Crippen molar-refractivity contribution in [3.05, 3.63) is 29.3 Å². The molecule has 20 heavy (non-hydrogen) atoms. The first-order valence-corrected chi connectivity index (χ1v) is 6.70. The molecule has 0 aliphatic heterocycles. The summed E-state index contributed by atoms with van der Waals surface area (Å²) < 4.78 is 36.1. The highest BCUT2D eigenvalue weighted by Gasteiger charge is 2.26. The number of guanidine groups is 1. The van der Waals surface area contributed by atoms with E-state index in [9.17, 15) is 13.2 Å². The van der Waals surface area contributed by atoms with E-state index in [-0.39, 0.29) is 12.5 Å². The molecule has 0 spiro atoms. The first-order chi connectivity index (χ1) is 9.46. The molecule has 0 atom stereocenters. The monoisotopic (exact) mass is 285 g/mol. The fourth-order valence-electron chi connectivity index (χ4n) is 2.38. The van der Waals surface area contributed by atoms with Gasteiger partial charge in [-0.2, -0.15) is 13.2 Å². The van der Waals surface area contributed by atoms with Crippen molar-refractivity contribution >= 4 is 11.6 Å². The van der Waals surface area contributed by atoms with Crippen LogP contribution in [0, 0.1) is 0 Å². The maximum absolute atomic E-state index is 12.0. The number of alkyl halides is 3. The number of benzene rings is 1. The van der Waals surface area contributed by atoms with E-state index in [1.807, 2.05) is 12.1 Å². The van der Waals surface area contributed by atoms with Crippen LogP contribution in [0.5, 0.6) is 0 Å². The van der Waals surface area contributed by atoms with Crippen molar-refractivity contribution in [1.29, 1.82) is 0 Å². The Hall–Kier alpha value is -1.72. The summed E-state index contributed by atoms with van der Waals surface area (Å²) in [5.41, 5.74) is 8.98. The lowest BCUT2D eigenvalue weighted by Crippen LogP contribution is -2.25. The number of nitrogens with two attached hydrogens (primary N) is 1. The molecule has 0 radical (unpaired) electrons. The van der Waals surface area contributed by atoms with Crippen LogP contribution in [0.25, 0.3) is 0 Å². The smallest absolute Gasteiger partial charge is 0.370 e. The standard InChI is InChI=1S/C14H18F3N3/c15-14(16,17)8-9-19-13(18)20-12-7-3-5-10-4-1-2-6-11(10)12/h3,5,7H,1-2,4,6,8-9H2,(H3,18,19,20). The van der Waals surface area contributed by atoms with E-state index >= 15 is 0 Å². The topological polar surface area (TPSA) is 50.4 Å². The van der Waals surface area contributed by atoms with Crippen LogP contribution >= 0.6 is 0 Å². The van der Waals surface area contributed by atoms with Gasteiger partial charge >= 0.3 is 6.18 Å². The fraction of sp³-hybridized carbons (Fsp3) is 0.500. The summed E-state index contributed by atoms with van der Waals surface area (Å²) >= 11 is 0. The normalized spacial score (nSPS) is 15.8. The zero-order valence-electron chi connectivity index (χ0n) is 11.1. The molecular weight excluding hydrogens is 267 g/mol.